The van der Waals surface area contributed by atoms with Gasteiger partial charge in [-0.3, -0.25) is 9.59 Å². The Morgan fingerprint density at radius 2 is 1.95 bits per heavy atom. The Morgan fingerprint density at radius 1 is 1.23 bits per heavy atom. The van der Waals surface area contributed by atoms with Crippen LogP contribution in [-0.2, 0) is 17.4 Å². The quantitative estimate of drug-likeness (QED) is 0.341. The predicted molar refractivity (Wildman–Crippen MR) is 138 cm³/mol. The molecule has 39 heavy (non-hydrogen) atoms. The minimum absolute atomic E-state index is 0.0309. The second-order valence-corrected chi connectivity index (χ2v) is 9.24. The summed E-state index contributed by atoms with van der Waals surface area (Å²) in [6, 6.07) is 3.86. The molecule has 1 aliphatic heterocycles. The maximum atomic E-state index is 13.6. The topological polar surface area (TPSA) is 146 Å². The number of alkyl halides is 3. The number of hydrogen-bond donors (Lipinski definition) is 3. The number of Topliss-reactive ketones (excluding diaryl/α,β-unsaturated/α-hetero) is 1. The van der Waals surface area contributed by atoms with E-state index >= 15 is 0 Å². The van der Waals surface area contributed by atoms with E-state index in [-0.39, 0.29) is 40.9 Å². The number of carbonyl (C=O) groups excluding carboxylic acids is 2. The number of halogens is 3. The number of nitrogen functional groups attached to an aromatic ring is 1. The fraction of sp³-hybridized carbons (Fsp3) is 0.500. The van der Waals surface area contributed by atoms with Crippen LogP contribution in [0.5, 0.6) is 5.88 Å². The molecule has 4 N–H and O–H groups in total. The van der Waals surface area contributed by atoms with Gasteiger partial charge in [0.1, 0.15) is 6.07 Å². The van der Waals surface area contributed by atoms with Crippen molar-refractivity contribution >= 4 is 23.5 Å². The van der Waals surface area contributed by atoms with E-state index in [1.165, 1.54) is 13.0 Å². The number of aromatic nitrogens is 2. The van der Waals surface area contributed by atoms with Crippen molar-refractivity contribution in [1.29, 1.82) is 5.26 Å². The fourth-order valence-corrected chi connectivity index (χ4v) is 4.24. The Morgan fingerprint density at radius 3 is 2.59 bits per heavy atom. The molecule has 1 amide bonds. The first kappa shape index (κ1) is 29.6. The summed E-state index contributed by atoms with van der Waals surface area (Å²) in [5.41, 5.74) is 4.46. The third-order valence-electron chi connectivity index (χ3n) is 6.22. The van der Waals surface area contributed by atoms with Crippen molar-refractivity contribution in [2.24, 2.45) is 0 Å². The lowest BCUT2D eigenvalue weighted by atomic mass is 9.99. The van der Waals surface area contributed by atoms with Crippen molar-refractivity contribution in [3.05, 3.63) is 40.5 Å². The summed E-state index contributed by atoms with van der Waals surface area (Å²) in [5.74, 6) is -1.41. The third-order valence-corrected chi connectivity index (χ3v) is 6.22. The Kier molecular flexibility index (Phi) is 10.1. The molecule has 1 saturated heterocycles. The third kappa shape index (κ3) is 8.28. The Hall–Kier alpha value is -3.92. The molecular weight excluding hydrogens is 515 g/mol. The van der Waals surface area contributed by atoms with Gasteiger partial charge in [0.2, 0.25) is 11.8 Å². The Balaban J connectivity index is 1.72. The lowest BCUT2D eigenvalue weighted by molar-refractivity contribution is -0.137. The van der Waals surface area contributed by atoms with Crippen molar-refractivity contribution in [3.8, 4) is 11.9 Å². The van der Waals surface area contributed by atoms with Crippen LogP contribution in [0.15, 0.2) is 18.2 Å². The van der Waals surface area contributed by atoms with Gasteiger partial charge in [0.25, 0.3) is 5.91 Å². The van der Waals surface area contributed by atoms with E-state index in [0.29, 0.717) is 13.0 Å². The molecule has 1 fully saturated rings. The number of ketones is 1. The molecule has 210 valence electrons. The van der Waals surface area contributed by atoms with Crippen LogP contribution >= 0.6 is 0 Å². The van der Waals surface area contributed by atoms with Crippen LogP contribution in [0.1, 0.15) is 60.2 Å². The van der Waals surface area contributed by atoms with Crippen molar-refractivity contribution in [2.45, 2.75) is 51.7 Å². The van der Waals surface area contributed by atoms with Crippen LogP contribution in [0.4, 0.5) is 24.9 Å². The number of benzene rings is 1. The van der Waals surface area contributed by atoms with Gasteiger partial charge in [0.15, 0.2) is 17.2 Å². The molecule has 0 unspecified atom stereocenters. The molecule has 3 rings (SSSR count). The molecule has 2 heterocycles. The van der Waals surface area contributed by atoms with E-state index in [9.17, 15) is 28.0 Å². The van der Waals surface area contributed by atoms with E-state index in [0.717, 1.165) is 44.6 Å². The van der Waals surface area contributed by atoms with Crippen molar-refractivity contribution < 1.29 is 27.5 Å². The SMILES string of the molecule is CCOc1nc(N)nc(N[C@@H](C)C(=O)Cc2cc(C(=O)NCCCN3CCCC3)cc(C(F)(F)F)c2)c1C#N. The summed E-state index contributed by atoms with van der Waals surface area (Å²) in [4.78, 5) is 35.7. The average molecular weight is 548 g/mol. The van der Waals surface area contributed by atoms with Crippen LogP contribution in [-0.4, -0.2) is 65.4 Å². The second-order valence-electron chi connectivity index (χ2n) is 9.24. The average Bonchev–Trinajstić information content (AvgIpc) is 3.39. The lowest BCUT2D eigenvalue weighted by Crippen LogP contribution is -2.30. The number of amides is 1. The van der Waals surface area contributed by atoms with Gasteiger partial charge in [-0.15, -0.1) is 0 Å². The molecule has 1 atom stereocenters. The number of nitriles is 1. The van der Waals surface area contributed by atoms with E-state index in [2.05, 4.69) is 25.5 Å². The molecule has 0 radical (unpaired) electrons. The Bertz CT molecular complexity index is 1220. The van der Waals surface area contributed by atoms with Crippen LogP contribution in [0.2, 0.25) is 0 Å². The number of nitrogens with zero attached hydrogens (tertiary/aromatic N) is 4. The van der Waals surface area contributed by atoms with Gasteiger partial charge >= 0.3 is 6.18 Å². The van der Waals surface area contributed by atoms with Gasteiger partial charge in [0.05, 0.1) is 18.2 Å². The molecule has 10 nitrogen and oxygen atoms in total. The summed E-state index contributed by atoms with van der Waals surface area (Å²) in [7, 11) is 0. The number of nitrogens with two attached hydrogens (primary N) is 1. The molecule has 0 bridgehead atoms. The highest BCUT2D eigenvalue weighted by Gasteiger charge is 2.32. The van der Waals surface area contributed by atoms with Crippen molar-refractivity contribution in [3.63, 3.8) is 0 Å². The molecular formula is C26H32F3N7O3. The highest BCUT2D eigenvalue weighted by Crippen LogP contribution is 2.31. The highest BCUT2D eigenvalue weighted by atomic mass is 19.4. The molecule has 13 heteroatoms. The van der Waals surface area contributed by atoms with Crippen molar-refractivity contribution in [2.75, 3.05) is 43.8 Å². The van der Waals surface area contributed by atoms with Gasteiger partial charge < -0.3 is 26.0 Å². The van der Waals surface area contributed by atoms with E-state index in [4.69, 9.17) is 10.5 Å². The number of nitrogens with one attached hydrogen (secondary N) is 2. The van der Waals surface area contributed by atoms with E-state index in [1.54, 1.807) is 6.92 Å². The first-order chi connectivity index (χ1) is 18.5. The predicted octanol–water partition coefficient (Wildman–Crippen LogP) is 3.18. The maximum Gasteiger partial charge on any atom is 0.416 e. The van der Waals surface area contributed by atoms with Gasteiger partial charge in [-0.1, -0.05) is 0 Å². The minimum Gasteiger partial charge on any atom is -0.477 e. The van der Waals surface area contributed by atoms with E-state index < -0.39 is 35.9 Å². The molecule has 1 aromatic heterocycles. The molecule has 0 saturated carbocycles. The van der Waals surface area contributed by atoms with Gasteiger partial charge in [-0.2, -0.15) is 28.4 Å². The van der Waals surface area contributed by atoms with Gasteiger partial charge in [-0.25, -0.2) is 0 Å². The largest absolute Gasteiger partial charge is 0.477 e. The smallest absolute Gasteiger partial charge is 0.416 e. The van der Waals surface area contributed by atoms with Gasteiger partial charge in [0, 0.05) is 18.5 Å². The summed E-state index contributed by atoms with van der Waals surface area (Å²) in [6.45, 7) is 6.55. The standard InChI is InChI=1S/C26H32F3N7O3/c1-3-39-24-20(15-30)22(34-25(31)35-24)33-16(2)21(37)13-17-11-18(14-19(12-17)26(27,28)29)23(38)32-7-6-10-36-8-4-5-9-36/h11-12,14,16H,3-10,13H2,1-2H3,(H,32,38)(H3,31,33,34,35)/t16-/m0/s1. The Labute approximate surface area is 224 Å². The number of rotatable bonds is 12. The summed E-state index contributed by atoms with van der Waals surface area (Å²) in [5, 5.41) is 14.9. The first-order valence-corrected chi connectivity index (χ1v) is 12.7. The molecule has 0 spiro atoms. The number of anilines is 2. The number of likely N-dealkylation sites (tertiary alicyclic amines) is 1. The summed E-state index contributed by atoms with van der Waals surface area (Å²) < 4.78 is 46.1. The van der Waals surface area contributed by atoms with Crippen LogP contribution < -0.4 is 21.1 Å². The molecule has 1 aromatic carbocycles. The maximum absolute atomic E-state index is 13.6. The molecule has 2 aromatic rings. The fourth-order valence-electron chi connectivity index (χ4n) is 4.24. The number of carbonyl (C=O) groups is 2. The van der Waals surface area contributed by atoms with Crippen LogP contribution in [0.25, 0.3) is 0 Å². The number of hydrogen-bond acceptors (Lipinski definition) is 9. The zero-order valence-electron chi connectivity index (χ0n) is 21.9. The van der Waals surface area contributed by atoms with E-state index in [1.807, 2.05) is 6.07 Å². The molecule has 0 aliphatic carbocycles. The normalized spacial score (nSPS) is 14.5. The lowest BCUT2D eigenvalue weighted by Gasteiger charge is -2.17. The second kappa shape index (κ2) is 13.2. The van der Waals surface area contributed by atoms with Crippen molar-refractivity contribution in [1.82, 2.24) is 20.2 Å². The molecule has 1 aliphatic rings. The first-order valence-electron chi connectivity index (χ1n) is 12.7. The number of ether oxygens (including phenoxy) is 1. The monoisotopic (exact) mass is 547 g/mol. The summed E-state index contributed by atoms with van der Waals surface area (Å²) in [6.07, 6.45) is -2.12. The zero-order valence-corrected chi connectivity index (χ0v) is 21.9. The van der Waals surface area contributed by atoms with Gasteiger partial charge in [-0.05, 0) is 76.5 Å². The zero-order chi connectivity index (χ0) is 28.6. The highest BCUT2D eigenvalue weighted by molar-refractivity contribution is 5.95. The van der Waals surface area contributed by atoms with Crippen LogP contribution in [0, 0.1) is 11.3 Å². The summed E-state index contributed by atoms with van der Waals surface area (Å²) >= 11 is 0. The van der Waals surface area contributed by atoms with Crippen LogP contribution in [0.3, 0.4) is 0 Å². The minimum atomic E-state index is -4.70.